The van der Waals surface area contributed by atoms with Gasteiger partial charge >= 0.3 is 204 Å². The van der Waals surface area contributed by atoms with Crippen molar-refractivity contribution in [2.24, 2.45) is 0 Å². The van der Waals surface area contributed by atoms with Crippen LogP contribution in [0.2, 0.25) is 0 Å². The van der Waals surface area contributed by atoms with Gasteiger partial charge in [0.1, 0.15) is 0 Å². The van der Waals surface area contributed by atoms with Gasteiger partial charge in [0, 0.05) is 814 Å². The zero-order chi connectivity index (χ0) is 0. The van der Waals surface area contributed by atoms with Crippen molar-refractivity contribution in [3.63, 3.8) is 0 Å². The normalized spacial score (nSPS) is 0. The summed E-state index contributed by atoms with van der Waals surface area (Å²) in [5.74, 6) is 0. The summed E-state index contributed by atoms with van der Waals surface area (Å²) in [5.41, 5.74) is 0. The van der Waals surface area contributed by atoms with Gasteiger partial charge in [0.15, 0.2) is 0 Å². The Balaban J connectivity index is 0. The van der Waals surface area contributed by atoms with Crippen LogP contribution in [0.15, 0.2) is 0 Å². The Morgan fingerprint density at radius 3 is 0.812 bits per heavy atom. The van der Waals surface area contributed by atoms with E-state index in [0.29, 0.717) is 0 Å². The van der Waals surface area contributed by atoms with Gasteiger partial charge < -0.3 is 14.3 Å². The van der Waals surface area contributed by atoms with Crippen molar-refractivity contribution in [1.29, 1.82) is 0 Å². The van der Waals surface area contributed by atoms with Crippen molar-refractivity contribution in [3.8, 4) is 0 Å². The van der Waals surface area contributed by atoms with Crippen LogP contribution >= 0.6 is 0 Å². The first-order valence-corrected chi connectivity index (χ1v) is 0. The fourth-order valence-corrected chi connectivity index (χ4v) is 0. The average Bonchev–Trinajstić information content (AvgIpc) is 0. The third-order valence-electron chi connectivity index (χ3n) is 0. The second-order valence-electron chi connectivity index (χ2n) is 0. The first-order valence-electron chi connectivity index (χ1n) is 0. The van der Waals surface area contributed by atoms with E-state index in [4.69, 9.17) is 0 Å². The van der Waals surface area contributed by atoms with Gasteiger partial charge in [0.25, 0.3) is 0 Å². The van der Waals surface area contributed by atoms with Crippen LogP contribution in [0.3, 0.4) is 0 Å². The Labute approximate surface area is 992 Å². The maximum Gasteiger partial charge on any atom is 2.00 e. The zero-order valence-corrected chi connectivity index (χ0v) is 90.0. The molecule has 0 aliphatic heterocycles. The van der Waals surface area contributed by atoms with E-state index in [2.05, 4.69) is 0 Å². The molecule has 0 rings (SSSR count). The van der Waals surface area contributed by atoms with E-state index in [0.717, 1.165) is 0 Å². The van der Waals surface area contributed by atoms with Crippen molar-refractivity contribution in [2.45, 2.75) is 0 Å². The molecule has 228 valence electrons. The van der Waals surface area contributed by atoms with E-state index < -0.39 is 0 Å². The van der Waals surface area contributed by atoms with E-state index in [1.807, 2.05) is 0 Å². The van der Waals surface area contributed by atoms with Crippen molar-refractivity contribution in [1.82, 2.24) is 0 Å². The fourth-order valence-electron chi connectivity index (χ4n) is 0. The monoisotopic (exact) mass is 3980 g/mol. The van der Waals surface area contributed by atoms with Gasteiger partial charge in [-0.2, -0.15) is 0 Å². The molecule has 0 N–H and O–H groups in total. The van der Waals surface area contributed by atoms with E-state index in [-0.39, 0.29) is 1030 Å². The molecule has 0 bridgehead atoms. The number of hydrogen-bond donors (Lipinski definition) is 0. The molecule has 20 radical (unpaired) electrons. The minimum Gasteiger partial charge on any atom is -1.00 e. The van der Waals surface area contributed by atoms with Crippen molar-refractivity contribution in [2.75, 3.05) is 0 Å². The largest absolute Gasteiger partial charge is 2.00 e. The van der Waals surface area contributed by atoms with Gasteiger partial charge in [-0.25, -0.2) is 0 Å². The van der Waals surface area contributed by atoms with Crippen LogP contribution in [0.5, 0.6) is 0 Å². The smallest absolute Gasteiger partial charge is 1.00 e. The first-order chi connectivity index (χ1) is 0. The van der Waals surface area contributed by atoms with E-state index in [1.165, 1.54) is 0 Å². The molecule has 0 saturated carbocycles. The number of hydrogen-bond acceptors (Lipinski definition) is 0. The van der Waals surface area contributed by atoms with Gasteiger partial charge in [-0.1, -0.05) is 0 Å². The molecular formula is H10AlBaCaCdDyEr2FeHfHo2La2LiLu2MgMoNaNbPbRhSrTaTm2WY2Yb2Zr. The van der Waals surface area contributed by atoms with Crippen molar-refractivity contribution in [3.05, 3.63) is 0 Å². The molecule has 0 atom stereocenters. The molecule has 0 aromatic rings. The van der Waals surface area contributed by atoms with Crippen LogP contribution in [-0.4, -0.2) is 200 Å². The standard InChI is InChI=1S/Al.Ba.Ca.Cd.Dy.2Er.Fe.Hf.2Ho.2La.Li.2Lu.Mg.Mo.Na.Nb.Pb.Rh.Sr.Ta.2Tm.W.2Y.2Yb.Zr.10H/q;2*+2;;;;;;;;;;;+1;;;+2;;+1;;;;+2;;;;;;;;;;10*-1. The summed E-state index contributed by atoms with van der Waals surface area (Å²) in [6, 6.07) is 0. The summed E-state index contributed by atoms with van der Waals surface area (Å²) in [5, 5.41) is 0. The maximum atomic E-state index is 0. The third-order valence-corrected chi connectivity index (χ3v) is 0. The van der Waals surface area contributed by atoms with E-state index in [1.54, 1.807) is 0 Å². The van der Waals surface area contributed by atoms with Crippen LogP contribution < -0.4 is 48.4 Å². The molecule has 0 spiro atoms. The predicted molar refractivity (Wildman–Crippen MR) is 45.6 cm³/mol. The summed E-state index contributed by atoms with van der Waals surface area (Å²) in [6.07, 6.45) is 0. The molecule has 32 heavy (non-hydrogen) atoms. The van der Waals surface area contributed by atoms with Gasteiger partial charge in [0.05, 0.1) is 0 Å². The molecule has 0 aliphatic rings. The van der Waals surface area contributed by atoms with Crippen molar-refractivity contribution >= 4 is 200 Å². The molecule has 0 aromatic carbocycles. The quantitative estimate of drug-likeness (QED) is 0.212. The molecule has 0 heterocycles. The molecule has 0 saturated heterocycles. The average molecular weight is 3970 g/mol. The molecule has 32 heteroatoms. The maximum absolute atomic E-state index is 0. The summed E-state index contributed by atoms with van der Waals surface area (Å²) >= 11 is 0. The fraction of sp³-hybridized carbons (Fsp3) is 0. The van der Waals surface area contributed by atoms with Crippen LogP contribution in [0.25, 0.3) is 0 Å². The zero-order valence-electron chi connectivity index (χ0n) is 25.4. The summed E-state index contributed by atoms with van der Waals surface area (Å²) in [6.45, 7) is 0. The summed E-state index contributed by atoms with van der Waals surface area (Å²) < 4.78 is 0. The van der Waals surface area contributed by atoms with Crippen LogP contribution in [0, 0.1) is 501 Å². The predicted octanol–water partition coefficient (Wildman–Crippen LogP) is -7.18. The molecular weight excluding hydrogens is 3960 g/mol. The third kappa shape index (κ3) is 221. The van der Waals surface area contributed by atoms with Gasteiger partial charge in [-0.3, -0.25) is 0 Å². The van der Waals surface area contributed by atoms with Crippen LogP contribution in [-0.2, 0) is 268 Å². The Bertz CT molecular complexity index is 179. The van der Waals surface area contributed by atoms with E-state index >= 15 is 0 Å². The van der Waals surface area contributed by atoms with Gasteiger partial charge in [-0.15, -0.1) is 0 Å². The van der Waals surface area contributed by atoms with Crippen LogP contribution in [0.1, 0.15) is 14.3 Å². The Hall–Kier alpha value is 33.7. The molecule has 0 amide bonds. The molecule has 0 unspecified atom stereocenters. The topological polar surface area (TPSA) is 0 Å². The Morgan fingerprint density at radius 1 is 0.812 bits per heavy atom. The van der Waals surface area contributed by atoms with Crippen LogP contribution in [0.4, 0.5) is 0 Å². The van der Waals surface area contributed by atoms with Gasteiger partial charge in [-0.05, 0) is 0 Å². The summed E-state index contributed by atoms with van der Waals surface area (Å²) in [7, 11) is 0. The second-order valence-corrected chi connectivity index (χ2v) is 0. The second kappa shape index (κ2) is 231. The van der Waals surface area contributed by atoms with Crippen molar-refractivity contribution < 1.29 is 832 Å². The number of rotatable bonds is 0. The SMILES string of the molecule is [Al].[Ba+2].[Ca+2].[Cd].[Dy].[Er].[Er].[Fe].[H-].[H-].[H-].[H-].[H-].[H-].[H-].[H-].[H-].[H-].[Hf].[Ho].[Ho].[La].[La].[Li+].[Lu].[Lu].[Mg+2].[Mo].[Na+].[Nb].[Pb].[Rh].[Sr+2].[Ta].[Tm].[Tm].[W].[Y].[Y].[Yb].[Yb].[Zr]. The Morgan fingerprint density at radius 2 is 0.812 bits per heavy atom. The molecule has 0 fully saturated rings. The first kappa shape index (κ1) is 242. The minimum absolute atomic E-state index is 0. The summed E-state index contributed by atoms with van der Waals surface area (Å²) in [4.78, 5) is 0. The molecule has 0 aliphatic carbocycles. The molecule has 0 aromatic heterocycles. The van der Waals surface area contributed by atoms with E-state index in [9.17, 15) is 0 Å². The minimum atomic E-state index is 0. The Kier molecular flexibility index (Phi) is 1750. The van der Waals surface area contributed by atoms with Gasteiger partial charge in [0.2, 0.25) is 0 Å². The molecule has 0 nitrogen and oxygen atoms in total.